The van der Waals surface area contributed by atoms with Crippen LogP contribution in [0.5, 0.6) is 5.75 Å². The largest absolute Gasteiger partial charge is 0.508 e. The van der Waals surface area contributed by atoms with Crippen LogP contribution in [-0.2, 0) is 0 Å². The summed E-state index contributed by atoms with van der Waals surface area (Å²) in [5, 5.41) is 0. The lowest BCUT2D eigenvalue weighted by molar-refractivity contribution is 0.321. The van der Waals surface area contributed by atoms with E-state index >= 15 is 0 Å². The van der Waals surface area contributed by atoms with Gasteiger partial charge in [0.1, 0.15) is 0 Å². The monoisotopic (exact) mass is 237 g/mol. The number of hydrogen-bond acceptors (Lipinski definition) is 1. The molecule has 0 bridgehead atoms. The number of halogens is 5. The Morgan fingerprint density at radius 1 is 1.25 bits per heavy atom. The third-order valence-corrected chi connectivity index (χ3v) is 1.79. The van der Waals surface area contributed by atoms with E-state index in [4.69, 9.17) is 0 Å². The minimum Gasteiger partial charge on any atom is -0.489 e. The van der Waals surface area contributed by atoms with Gasteiger partial charge in [-0.15, -0.1) is 12.1 Å². The highest BCUT2D eigenvalue weighted by atomic mass is 19.4. The molecule has 0 radical (unpaired) electrons. The summed E-state index contributed by atoms with van der Waals surface area (Å²) in [5.74, 6) is -3.06. The topological polar surface area (TPSA) is 9.23 Å². The fourth-order valence-corrected chi connectivity index (χ4v) is 0.860. The van der Waals surface area contributed by atoms with Crippen LogP contribution >= 0.6 is 0 Å². The summed E-state index contributed by atoms with van der Waals surface area (Å²) in [6.07, 6.45) is 0. The molecule has 0 N–H and O–H groups in total. The van der Waals surface area contributed by atoms with Crippen LogP contribution in [0.3, 0.4) is 0 Å². The van der Waals surface area contributed by atoms with Crippen LogP contribution in [0.25, 0.3) is 0 Å². The highest BCUT2D eigenvalue weighted by Gasteiger charge is 2.27. The Morgan fingerprint density at radius 2 is 1.88 bits per heavy atom. The molecule has 0 unspecified atom stereocenters. The van der Waals surface area contributed by atoms with Crippen molar-refractivity contribution >= 4 is 6.98 Å². The molecule has 0 aliphatic carbocycles. The second-order valence-electron chi connectivity index (χ2n) is 3.07. The summed E-state index contributed by atoms with van der Waals surface area (Å²) in [5.41, 5.74) is -1.11. The van der Waals surface area contributed by atoms with E-state index in [0.29, 0.717) is 0 Å². The van der Waals surface area contributed by atoms with Crippen LogP contribution < -0.4 is 4.74 Å². The van der Waals surface area contributed by atoms with Crippen molar-refractivity contribution in [2.75, 3.05) is 6.61 Å². The van der Waals surface area contributed by atoms with Gasteiger partial charge in [-0.25, -0.2) is 4.39 Å². The number of benzene rings is 1. The van der Waals surface area contributed by atoms with Crippen LogP contribution in [0.4, 0.5) is 21.7 Å². The van der Waals surface area contributed by atoms with E-state index in [1.807, 2.05) is 0 Å². The van der Waals surface area contributed by atoms with Gasteiger partial charge in [-0.05, 0) is 12.1 Å². The molecule has 0 aromatic heterocycles. The maximum absolute atomic E-state index is 12.9. The molecule has 1 aromatic carbocycles. The summed E-state index contributed by atoms with van der Waals surface area (Å²) in [7, 11) is 0. The third kappa shape index (κ3) is 2.98. The zero-order valence-electron chi connectivity index (χ0n) is 8.02. The lowest BCUT2D eigenvalue weighted by Crippen LogP contribution is -2.23. The fraction of sp³-hybridized carbons (Fsp3) is 0.111. The number of hydrogen-bond donors (Lipinski definition) is 0. The van der Waals surface area contributed by atoms with Crippen molar-refractivity contribution in [1.82, 2.24) is 0 Å². The predicted octanol–water partition coefficient (Wildman–Crippen LogP) is 3.29. The van der Waals surface area contributed by atoms with E-state index in [1.165, 1.54) is 0 Å². The molecule has 0 aliphatic rings. The third-order valence-electron chi connectivity index (χ3n) is 1.79. The van der Waals surface area contributed by atoms with E-state index in [9.17, 15) is 21.7 Å². The molecule has 7 heteroatoms. The molecule has 0 spiro atoms. The standard InChI is InChI=1S/C9H7BF5O/c1-6(10(13,14)15)5-16-8-4-2-3-7(11)9(8)12/h2-4H,1,5H2/q-1. The minimum absolute atomic E-state index is 0.568. The van der Waals surface area contributed by atoms with Gasteiger partial charge in [0.15, 0.2) is 11.6 Å². The highest BCUT2D eigenvalue weighted by Crippen LogP contribution is 2.22. The van der Waals surface area contributed by atoms with Gasteiger partial charge in [-0.3, -0.25) is 0 Å². The predicted molar refractivity (Wildman–Crippen MR) is 50.1 cm³/mol. The zero-order valence-corrected chi connectivity index (χ0v) is 8.02. The van der Waals surface area contributed by atoms with Gasteiger partial charge in [0, 0.05) is 0 Å². The smallest absolute Gasteiger partial charge is 0.489 e. The van der Waals surface area contributed by atoms with E-state index in [0.717, 1.165) is 18.2 Å². The van der Waals surface area contributed by atoms with Crippen LogP contribution in [0.15, 0.2) is 30.3 Å². The van der Waals surface area contributed by atoms with Crippen molar-refractivity contribution in [2.45, 2.75) is 0 Å². The van der Waals surface area contributed by atoms with Gasteiger partial charge in [0.05, 0.1) is 6.61 Å². The second-order valence-corrected chi connectivity index (χ2v) is 3.07. The lowest BCUT2D eigenvalue weighted by atomic mass is 9.81. The molecule has 0 saturated heterocycles. The van der Waals surface area contributed by atoms with Gasteiger partial charge >= 0.3 is 6.98 Å². The molecule has 0 aliphatic heterocycles. The Balaban J connectivity index is 2.69. The SMILES string of the molecule is C=C(COc1cccc(F)c1F)[B-](F)(F)F. The normalized spacial score (nSPS) is 11.3. The van der Waals surface area contributed by atoms with Crippen molar-refractivity contribution in [2.24, 2.45) is 0 Å². The van der Waals surface area contributed by atoms with Crippen molar-refractivity contribution in [3.63, 3.8) is 0 Å². The Morgan fingerprint density at radius 3 is 2.44 bits per heavy atom. The van der Waals surface area contributed by atoms with Crippen LogP contribution in [0.1, 0.15) is 0 Å². The first kappa shape index (κ1) is 12.5. The van der Waals surface area contributed by atoms with E-state index in [1.54, 1.807) is 0 Å². The van der Waals surface area contributed by atoms with Gasteiger partial charge in [0.25, 0.3) is 0 Å². The first-order valence-electron chi connectivity index (χ1n) is 4.27. The average molecular weight is 237 g/mol. The maximum Gasteiger partial charge on any atom is 0.508 e. The van der Waals surface area contributed by atoms with Gasteiger partial charge in [-0.1, -0.05) is 6.07 Å². The first-order chi connectivity index (χ1) is 7.32. The molecule has 0 fully saturated rings. The molecule has 88 valence electrons. The van der Waals surface area contributed by atoms with Crippen LogP contribution in [-0.4, -0.2) is 13.6 Å². The summed E-state index contributed by atoms with van der Waals surface area (Å²) >= 11 is 0. The Kier molecular flexibility index (Phi) is 3.56. The van der Waals surface area contributed by atoms with Crippen LogP contribution in [0.2, 0.25) is 0 Å². The van der Waals surface area contributed by atoms with Crippen molar-refractivity contribution in [3.8, 4) is 5.75 Å². The molecule has 0 saturated carbocycles. The van der Waals surface area contributed by atoms with Gasteiger partial charge in [0.2, 0.25) is 5.82 Å². The van der Waals surface area contributed by atoms with E-state index in [-0.39, 0.29) is 0 Å². The molecule has 1 aromatic rings. The molecule has 1 nitrogen and oxygen atoms in total. The summed E-state index contributed by atoms with van der Waals surface area (Å²) < 4.78 is 66.2. The van der Waals surface area contributed by atoms with E-state index < -0.39 is 36.4 Å². The molecule has 0 amide bonds. The first-order valence-corrected chi connectivity index (χ1v) is 4.27. The summed E-state index contributed by atoms with van der Waals surface area (Å²) in [6, 6.07) is 3.01. The molecular formula is C9H7BF5O-. The number of ether oxygens (including phenoxy) is 1. The van der Waals surface area contributed by atoms with E-state index in [2.05, 4.69) is 11.3 Å². The number of rotatable bonds is 4. The molecule has 1 rings (SSSR count). The highest BCUT2D eigenvalue weighted by molar-refractivity contribution is 6.66. The Bertz CT molecular complexity index is 401. The molecular weight excluding hydrogens is 230 g/mol. The molecule has 16 heavy (non-hydrogen) atoms. The second kappa shape index (κ2) is 4.55. The van der Waals surface area contributed by atoms with Crippen molar-refractivity contribution < 1.29 is 26.5 Å². The zero-order chi connectivity index (χ0) is 12.3. The summed E-state index contributed by atoms with van der Waals surface area (Å²) in [6.45, 7) is -3.38. The molecule has 0 heterocycles. The van der Waals surface area contributed by atoms with Crippen molar-refractivity contribution in [3.05, 3.63) is 41.9 Å². The maximum atomic E-state index is 12.9. The average Bonchev–Trinajstić information content (AvgIpc) is 2.18. The molecule has 0 atom stereocenters. The van der Waals surface area contributed by atoms with Gasteiger partial charge in [-0.2, -0.15) is 4.39 Å². The Labute approximate surface area is 88.6 Å². The fourth-order valence-electron chi connectivity index (χ4n) is 0.860. The van der Waals surface area contributed by atoms with Gasteiger partial charge < -0.3 is 17.7 Å². The van der Waals surface area contributed by atoms with Crippen molar-refractivity contribution in [1.29, 1.82) is 0 Å². The minimum atomic E-state index is -5.23. The van der Waals surface area contributed by atoms with Crippen LogP contribution in [0, 0.1) is 11.6 Å². The lowest BCUT2D eigenvalue weighted by Gasteiger charge is -2.18. The Hall–Kier alpha value is -1.53. The quantitative estimate of drug-likeness (QED) is 0.576. The summed E-state index contributed by atoms with van der Waals surface area (Å²) in [4.78, 5) is 0.